The van der Waals surface area contributed by atoms with Crippen molar-refractivity contribution in [3.63, 3.8) is 0 Å². The summed E-state index contributed by atoms with van der Waals surface area (Å²) < 4.78 is 0. The average Bonchev–Trinajstić information content (AvgIpc) is 2.77. The number of piperazine rings is 1. The minimum atomic E-state index is -0.313. The van der Waals surface area contributed by atoms with Crippen LogP contribution < -0.4 is 5.32 Å². The maximum atomic E-state index is 12.5. The minimum absolute atomic E-state index is 0.000506. The fraction of sp³-hybridized carbons (Fsp3) is 0.857. The topological polar surface area (TPSA) is 49.4 Å². The molecule has 1 heterocycles. The van der Waals surface area contributed by atoms with Gasteiger partial charge >= 0.3 is 0 Å². The summed E-state index contributed by atoms with van der Waals surface area (Å²) in [6, 6.07) is -0.0303. The van der Waals surface area contributed by atoms with Crippen molar-refractivity contribution in [1.29, 1.82) is 0 Å². The van der Waals surface area contributed by atoms with E-state index in [1.807, 2.05) is 11.8 Å². The summed E-state index contributed by atoms with van der Waals surface area (Å²) in [4.78, 5) is 26.1. The third-order valence-corrected chi connectivity index (χ3v) is 4.50. The van der Waals surface area contributed by atoms with Crippen LogP contribution >= 0.6 is 0 Å². The molecular weight excluding hydrogens is 228 g/mol. The zero-order valence-corrected chi connectivity index (χ0v) is 11.6. The lowest BCUT2D eigenvalue weighted by atomic mass is 9.95. The van der Waals surface area contributed by atoms with Crippen molar-refractivity contribution >= 4 is 11.8 Å². The van der Waals surface area contributed by atoms with Gasteiger partial charge in [0.05, 0.1) is 6.54 Å². The second-order valence-electron chi connectivity index (χ2n) is 5.97. The van der Waals surface area contributed by atoms with Gasteiger partial charge in [-0.2, -0.15) is 0 Å². The molecule has 1 aliphatic carbocycles. The van der Waals surface area contributed by atoms with Gasteiger partial charge in [0.2, 0.25) is 11.8 Å². The van der Waals surface area contributed by atoms with E-state index in [0.29, 0.717) is 5.92 Å². The van der Waals surface area contributed by atoms with Gasteiger partial charge in [0.25, 0.3) is 0 Å². The second kappa shape index (κ2) is 5.29. The van der Waals surface area contributed by atoms with E-state index in [2.05, 4.69) is 19.2 Å². The first-order chi connectivity index (χ1) is 8.52. The normalized spacial score (nSPS) is 34.6. The molecule has 1 N–H and O–H groups in total. The molecule has 0 radical (unpaired) electrons. The monoisotopic (exact) mass is 252 g/mol. The van der Waals surface area contributed by atoms with E-state index in [1.165, 1.54) is 6.42 Å². The van der Waals surface area contributed by atoms with Crippen molar-refractivity contribution in [1.82, 2.24) is 10.2 Å². The van der Waals surface area contributed by atoms with Crippen molar-refractivity contribution in [2.75, 3.05) is 6.54 Å². The van der Waals surface area contributed by atoms with Crippen molar-refractivity contribution in [3.05, 3.63) is 0 Å². The van der Waals surface area contributed by atoms with Crippen LogP contribution in [0.25, 0.3) is 0 Å². The first-order valence-electron chi connectivity index (χ1n) is 7.12. The van der Waals surface area contributed by atoms with Crippen molar-refractivity contribution < 1.29 is 9.59 Å². The van der Waals surface area contributed by atoms with E-state index in [-0.39, 0.29) is 36.4 Å². The van der Waals surface area contributed by atoms with E-state index < -0.39 is 0 Å². The van der Waals surface area contributed by atoms with Gasteiger partial charge in [0.15, 0.2) is 0 Å². The quantitative estimate of drug-likeness (QED) is 0.828. The molecule has 2 fully saturated rings. The van der Waals surface area contributed by atoms with Gasteiger partial charge in [0, 0.05) is 6.04 Å². The molecule has 1 saturated heterocycles. The standard InChI is InChI=1S/C14H24N2O2/c1-4-10(3)13-14(18)16(8-12(17)15-13)11-6-5-9(2)7-11/h9-11,13H,4-8H2,1-3H3,(H,15,17). The number of nitrogens with zero attached hydrogens (tertiary/aromatic N) is 1. The predicted molar refractivity (Wildman–Crippen MR) is 69.9 cm³/mol. The SMILES string of the molecule is CCC(C)C1NC(=O)CN(C2CCC(C)C2)C1=O. The Kier molecular flexibility index (Phi) is 3.93. The largest absolute Gasteiger partial charge is 0.342 e. The highest BCUT2D eigenvalue weighted by Crippen LogP contribution is 2.30. The van der Waals surface area contributed by atoms with Crippen LogP contribution in [0, 0.1) is 11.8 Å². The first kappa shape index (κ1) is 13.4. The van der Waals surface area contributed by atoms with Crippen LogP contribution in [0.15, 0.2) is 0 Å². The van der Waals surface area contributed by atoms with Gasteiger partial charge in [-0.05, 0) is 31.1 Å². The smallest absolute Gasteiger partial charge is 0.246 e. The van der Waals surface area contributed by atoms with E-state index >= 15 is 0 Å². The summed E-state index contributed by atoms with van der Waals surface area (Å²) in [6.07, 6.45) is 4.18. The molecule has 102 valence electrons. The maximum Gasteiger partial charge on any atom is 0.246 e. The number of nitrogens with one attached hydrogen (secondary N) is 1. The third kappa shape index (κ3) is 2.52. The summed E-state index contributed by atoms with van der Waals surface area (Å²) in [6.45, 7) is 6.56. The molecule has 0 spiro atoms. The second-order valence-corrected chi connectivity index (χ2v) is 5.97. The summed E-state index contributed by atoms with van der Waals surface area (Å²) >= 11 is 0. The molecule has 18 heavy (non-hydrogen) atoms. The molecule has 0 aromatic heterocycles. The van der Waals surface area contributed by atoms with Crippen LogP contribution in [0.5, 0.6) is 0 Å². The molecule has 2 amide bonds. The lowest BCUT2D eigenvalue weighted by Gasteiger charge is -2.38. The van der Waals surface area contributed by atoms with E-state index in [9.17, 15) is 9.59 Å². The van der Waals surface area contributed by atoms with Crippen LogP contribution in [0.2, 0.25) is 0 Å². The Balaban J connectivity index is 2.10. The zero-order chi connectivity index (χ0) is 13.3. The van der Waals surface area contributed by atoms with E-state index in [0.717, 1.165) is 19.3 Å². The maximum absolute atomic E-state index is 12.5. The van der Waals surface area contributed by atoms with Crippen LogP contribution in [0.4, 0.5) is 0 Å². The van der Waals surface area contributed by atoms with Gasteiger partial charge in [-0.1, -0.05) is 27.2 Å². The van der Waals surface area contributed by atoms with Gasteiger partial charge in [-0.25, -0.2) is 0 Å². The van der Waals surface area contributed by atoms with Crippen LogP contribution in [-0.2, 0) is 9.59 Å². The molecule has 4 unspecified atom stereocenters. The number of amides is 2. The van der Waals surface area contributed by atoms with Crippen LogP contribution in [0.3, 0.4) is 0 Å². The lowest BCUT2D eigenvalue weighted by molar-refractivity contribution is -0.148. The third-order valence-electron chi connectivity index (χ3n) is 4.50. The van der Waals surface area contributed by atoms with Crippen molar-refractivity contribution in [2.24, 2.45) is 11.8 Å². The van der Waals surface area contributed by atoms with Crippen molar-refractivity contribution in [3.8, 4) is 0 Å². The molecule has 2 rings (SSSR count). The van der Waals surface area contributed by atoms with Gasteiger partial charge < -0.3 is 10.2 Å². The van der Waals surface area contributed by atoms with Crippen molar-refractivity contribution in [2.45, 2.75) is 58.5 Å². The number of hydrogen-bond donors (Lipinski definition) is 1. The molecule has 2 aliphatic rings. The Morgan fingerprint density at radius 3 is 2.67 bits per heavy atom. The van der Waals surface area contributed by atoms with Gasteiger partial charge in [-0.3, -0.25) is 9.59 Å². The predicted octanol–water partition coefficient (Wildman–Crippen LogP) is 1.55. The molecule has 4 atom stereocenters. The average molecular weight is 252 g/mol. The summed E-state index contributed by atoms with van der Waals surface area (Å²) in [5.41, 5.74) is 0. The highest BCUT2D eigenvalue weighted by molar-refractivity contribution is 5.95. The molecule has 1 saturated carbocycles. The first-order valence-corrected chi connectivity index (χ1v) is 7.12. The van der Waals surface area contributed by atoms with Gasteiger partial charge in [-0.15, -0.1) is 0 Å². The fourth-order valence-corrected chi connectivity index (χ4v) is 3.08. The van der Waals surface area contributed by atoms with E-state index in [4.69, 9.17) is 0 Å². The minimum Gasteiger partial charge on any atom is -0.342 e. The summed E-state index contributed by atoms with van der Waals surface area (Å²) in [5, 5.41) is 2.85. The number of rotatable bonds is 3. The summed E-state index contributed by atoms with van der Waals surface area (Å²) in [5.74, 6) is 1.01. The lowest BCUT2D eigenvalue weighted by Crippen LogP contribution is -2.62. The van der Waals surface area contributed by atoms with E-state index in [1.54, 1.807) is 0 Å². The fourth-order valence-electron chi connectivity index (χ4n) is 3.08. The number of carbonyl (C=O) groups excluding carboxylic acids is 2. The molecule has 4 heteroatoms. The molecule has 0 aromatic carbocycles. The van der Waals surface area contributed by atoms with Crippen LogP contribution in [-0.4, -0.2) is 35.3 Å². The zero-order valence-electron chi connectivity index (χ0n) is 11.6. The van der Waals surface area contributed by atoms with Crippen LogP contribution in [0.1, 0.15) is 46.5 Å². The Morgan fingerprint density at radius 1 is 1.39 bits per heavy atom. The summed E-state index contributed by atoms with van der Waals surface area (Å²) in [7, 11) is 0. The Morgan fingerprint density at radius 2 is 2.11 bits per heavy atom. The number of carbonyl (C=O) groups is 2. The molecule has 0 bridgehead atoms. The molecule has 1 aliphatic heterocycles. The van der Waals surface area contributed by atoms with Gasteiger partial charge in [0.1, 0.15) is 6.04 Å². The molecule has 4 nitrogen and oxygen atoms in total. The Hall–Kier alpha value is -1.06. The number of hydrogen-bond acceptors (Lipinski definition) is 2. The highest BCUT2D eigenvalue weighted by atomic mass is 16.2. The molecule has 0 aromatic rings. The molecular formula is C14H24N2O2. The Labute approximate surface area is 109 Å². The Bertz CT molecular complexity index is 343. The highest BCUT2D eigenvalue weighted by Gasteiger charge is 2.40.